The first-order valence-electron chi connectivity index (χ1n) is 11.1. The largest absolute Gasteiger partial charge is 0.493 e. The second-order valence-electron chi connectivity index (χ2n) is 8.16. The number of hydrogen-bond acceptors (Lipinski definition) is 6. The molecule has 0 bridgehead atoms. The topological polar surface area (TPSA) is 91.2 Å². The molecule has 8 nitrogen and oxygen atoms in total. The maximum absolute atomic E-state index is 13.2. The summed E-state index contributed by atoms with van der Waals surface area (Å²) < 4.78 is 13.2. The summed E-state index contributed by atoms with van der Waals surface area (Å²) in [6.45, 7) is 1.95. The SMILES string of the molecule is COc1cc(C(C)NC(=O)C(Cc2ccccc2)n2cnnn2)ccc1OC1CCCC1. The Balaban J connectivity index is 1.47. The van der Waals surface area contributed by atoms with Crippen molar-refractivity contribution in [3.63, 3.8) is 0 Å². The maximum Gasteiger partial charge on any atom is 0.245 e. The molecule has 1 heterocycles. The molecule has 168 valence electrons. The lowest BCUT2D eigenvalue weighted by atomic mass is 10.0. The molecule has 0 spiro atoms. The highest BCUT2D eigenvalue weighted by atomic mass is 16.5. The van der Waals surface area contributed by atoms with Crippen LogP contribution < -0.4 is 14.8 Å². The van der Waals surface area contributed by atoms with Crippen LogP contribution in [-0.2, 0) is 11.2 Å². The minimum Gasteiger partial charge on any atom is -0.493 e. The average Bonchev–Trinajstić information content (AvgIpc) is 3.53. The number of carbonyl (C=O) groups is 1. The van der Waals surface area contributed by atoms with Gasteiger partial charge in [0.1, 0.15) is 12.4 Å². The minimum atomic E-state index is -0.554. The Labute approximate surface area is 187 Å². The lowest BCUT2D eigenvalue weighted by Gasteiger charge is -2.22. The van der Waals surface area contributed by atoms with Crippen LogP contribution in [0.5, 0.6) is 11.5 Å². The molecule has 0 saturated heterocycles. The summed E-state index contributed by atoms with van der Waals surface area (Å²) in [7, 11) is 1.64. The van der Waals surface area contributed by atoms with Crippen molar-refractivity contribution in [2.45, 2.75) is 57.2 Å². The van der Waals surface area contributed by atoms with Gasteiger partial charge in [-0.05, 0) is 66.3 Å². The summed E-state index contributed by atoms with van der Waals surface area (Å²) in [5, 5.41) is 14.5. The van der Waals surface area contributed by atoms with E-state index in [2.05, 4.69) is 20.8 Å². The molecule has 8 heteroatoms. The molecule has 0 radical (unpaired) electrons. The predicted molar refractivity (Wildman–Crippen MR) is 119 cm³/mol. The molecule has 1 N–H and O–H groups in total. The molecule has 1 fully saturated rings. The molecular formula is C24H29N5O3. The van der Waals surface area contributed by atoms with E-state index in [4.69, 9.17) is 9.47 Å². The van der Waals surface area contributed by atoms with Gasteiger partial charge in [0.2, 0.25) is 5.91 Å². The van der Waals surface area contributed by atoms with Crippen LogP contribution in [0.25, 0.3) is 0 Å². The lowest BCUT2D eigenvalue weighted by molar-refractivity contribution is -0.125. The second kappa shape index (κ2) is 10.3. The fourth-order valence-corrected chi connectivity index (χ4v) is 4.08. The lowest BCUT2D eigenvalue weighted by Crippen LogP contribution is -2.35. The molecule has 1 saturated carbocycles. The number of aromatic nitrogens is 4. The normalized spacial score (nSPS) is 15.8. The molecule has 0 aliphatic heterocycles. The predicted octanol–water partition coefficient (Wildman–Crippen LogP) is 3.66. The van der Waals surface area contributed by atoms with Gasteiger partial charge < -0.3 is 14.8 Å². The van der Waals surface area contributed by atoms with Crippen LogP contribution in [-0.4, -0.2) is 39.3 Å². The molecule has 3 aromatic rings. The van der Waals surface area contributed by atoms with Crippen LogP contribution in [0.4, 0.5) is 0 Å². The maximum atomic E-state index is 13.2. The van der Waals surface area contributed by atoms with E-state index < -0.39 is 6.04 Å². The van der Waals surface area contributed by atoms with Gasteiger partial charge in [0.15, 0.2) is 11.5 Å². The Hall–Kier alpha value is -3.42. The van der Waals surface area contributed by atoms with Crippen molar-refractivity contribution >= 4 is 5.91 Å². The van der Waals surface area contributed by atoms with Crippen molar-refractivity contribution in [1.29, 1.82) is 0 Å². The van der Waals surface area contributed by atoms with Gasteiger partial charge in [0.25, 0.3) is 0 Å². The Kier molecular flexibility index (Phi) is 6.99. The molecule has 32 heavy (non-hydrogen) atoms. The number of tetrazole rings is 1. The van der Waals surface area contributed by atoms with Crippen molar-refractivity contribution in [3.05, 3.63) is 66.0 Å². The van der Waals surface area contributed by atoms with Gasteiger partial charge in [-0.1, -0.05) is 36.4 Å². The highest BCUT2D eigenvalue weighted by Gasteiger charge is 2.25. The number of rotatable bonds is 9. The van der Waals surface area contributed by atoms with E-state index in [9.17, 15) is 4.79 Å². The third-order valence-electron chi connectivity index (χ3n) is 5.90. The Morgan fingerprint density at radius 1 is 1.16 bits per heavy atom. The van der Waals surface area contributed by atoms with Crippen LogP contribution in [0.2, 0.25) is 0 Å². The first kappa shape index (κ1) is 21.8. The number of methoxy groups -OCH3 is 1. The van der Waals surface area contributed by atoms with E-state index in [1.54, 1.807) is 7.11 Å². The molecule has 1 amide bonds. The fourth-order valence-electron chi connectivity index (χ4n) is 4.08. The van der Waals surface area contributed by atoms with Gasteiger partial charge in [0, 0.05) is 6.42 Å². The highest BCUT2D eigenvalue weighted by Crippen LogP contribution is 2.34. The fraction of sp³-hybridized carbons (Fsp3) is 0.417. The van der Waals surface area contributed by atoms with Crippen LogP contribution in [0, 0.1) is 0 Å². The van der Waals surface area contributed by atoms with E-state index >= 15 is 0 Å². The summed E-state index contributed by atoms with van der Waals surface area (Å²) in [6.07, 6.45) is 6.79. The zero-order valence-corrected chi connectivity index (χ0v) is 18.5. The van der Waals surface area contributed by atoms with E-state index in [0.29, 0.717) is 12.2 Å². The third-order valence-corrected chi connectivity index (χ3v) is 5.90. The van der Waals surface area contributed by atoms with Crippen molar-refractivity contribution < 1.29 is 14.3 Å². The summed E-state index contributed by atoms with van der Waals surface area (Å²) in [6, 6.07) is 14.9. The van der Waals surface area contributed by atoms with Crippen molar-refractivity contribution in [2.24, 2.45) is 0 Å². The Bertz CT molecular complexity index is 1000. The molecule has 4 rings (SSSR count). The van der Waals surface area contributed by atoms with Crippen molar-refractivity contribution in [1.82, 2.24) is 25.5 Å². The van der Waals surface area contributed by atoms with Gasteiger partial charge in [-0.25, -0.2) is 4.68 Å². The number of nitrogens with zero attached hydrogens (tertiary/aromatic N) is 4. The summed E-state index contributed by atoms with van der Waals surface area (Å²) >= 11 is 0. The molecule has 2 aromatic carbocycles. The number of hydrogen-bond donors (Lipinski definition) is 1. The quantitative estimate of drug-likeness (QED) is 0.552. The zero-order chi connectivity index (χ0) is 22.3. The van der Waals surface area contributed by atoms with E-state index in [-0.39, 0.29) is 18.1 Å². The Morgan fingerprint density at radius 3 is 2.62 bits per heavy atom. The van der Waals surface area contributed by atoms with E-state index in [0.717, 1.165) is 29.7 Å². The average molecular weight is 436 g/mol. The van der Waals surface area contributed by atoms with Crippen LogP contribution >= 0.6 is 0 Å². The minimum absolute atomic E-state index is 0.154. The molecule has 2 atom stereocenters. The number of carbonyl (C=O) groups excluding carboxylic acids is 1. The zero-order valence-electron chi connectivity index (χ0n) is 18.5. The number of ether oxygens (including phenoxy) is 2. The number of amides is 1. The summed E-state index contributed by atoms with van der Waals surface area (Å²) in [5.74, 6) is 1.27. The Morgan fingerprint density at radius 2 is 1.94 bits per heavy atom. The van der Waals surface area contributed by atoms with Crippen molar-refractivity contribution in [2.75, 3.05) is 7.11 Å². The van der Waals surface area contributed by atoms with Gasteiger partial charge >= 0.3 is 0 Å². The number of nitrogens with one attached hydrogen (secondary N) is 1. The summed E-state index contributed by atoms with van der Waals surface area (Å²) in [4.78, 5) is 13.2. The molecule has 2 unspecified atom stereocenters. The smallest absolute Gasteiger partial charge is 0.245 e. The molecule has 1 aliphatic rings. The van der Waals surface area contributed by atoms with E-state index in [1.807, 2.05) is 55.5 Å². The van der Waals surface area contributed by atoms with Crippen LogP contribution in [0.1, 0.15) is 55.8 Å². The number of benzene rings is 2. The highest BCUT2D eigenvalue weighted by molar-refractivity contribution is 5.81. The molecule has 1 aromatic heterocycles. The second-order valence-corrected chi connectivity index (χ2v) is 8.16. The monoisotopic (exact) mass is 435 g/mol. The molecule has 1 aliphatic carbocycles. The van der Waals surface area contributed by atoms with E-state index in [1.165, 1.54) is 23.9 Å². The van der Waals surface area contributed by atoms with Crippen molar-refractivity contribution in [3.8, 4) is 11.5 Å². The third kappa shape index (κ3) is 5.25. The van der Waals surface area contributed by atoms with Crippen LogP contribution in [0.3, 0.4) is 0 Å². The standard InChI is InChI=1S/C24H29N5O3/c1-17(19-12-13-22(23(15-19)31-2)32-20-10-6-7-11-20)26-24(30)21(29-16-25-27-28-29)14-18-8-4-3-5-9-18/h3-5,8-9,12-13,15-17,20-21H,6-7,10-11,14H2,1-2H3,(H,26,30). The first-order chi connectivity index (χ1) is 15.6. The van der Waals surface area contributed by atoms with Gasteiger partial charge in [-0.2, -0.15) is 0 Å². The summed E-state index contributed by atoms with van der Waals surface area (Å²) in [5.41, 5.74) is 1.97. The van der Waals surface area contributed by atoms with Crippen LogP contribution in [0.15, 0.2) is 54.9 Å². The van der Waals surface area contributed by atoms with Gasteiger partial charge in [-0.15, -0.1) is 5.10 Å². The van der Waals surface area contributed by atoms with Gasteiger partial charge in [0.05, 0.1) is 19.3 Å². The first-order valence-corrected chi connectivity index (χ1v) is 11.1. The van der Waals surface area contributed by atoms with Gasteiger partial charge in [-0.3, -0.25) is 4.79 Å². The molecular weight excluding hydrogens is 406 g/mol.